The Bertz CT molecular complexity index is 560. The molecular formula is C16H19FN2O. The zero-order chi connectivity index (χ0) is 14.5. The molecule has 0 bridgehead atoms. The molecular weight excluding hydrogens is 255 g/mol. The summed E-state index contributed by atoms with van der Waals surface area (Å²) in [5.74, 6) is 0.208. The number of rotatable bonds is 5. The normalized spacial score (nSPS) is 13.8. The van der Waals surface area contributed by atoms with Gasteiger partial charge in [-0.25, -0.2) is 4.39 Å². The van der Waals surface area contributed by atoms with Gasteiger partial charge in [-0.1, -0.05) is 13.0 Å². The molecule has 3 nitrogen and oxygen atoms in total. The summed E-state index contributed by atoms with van der Waals surface area (Å²) in [6.07, 6.45) is 3.85. The van der Waals surface area contributed by atoms with Gasteiger partial charge in [0.15, 0.2) is 0 Å². The van der Waals surface area contributed by atoms with Crippen LogP contribution >= 0.6 is 0 Å². The molecule has 2 N–H and O–H groups in total. The highest BCUT2D eigenvalue weighted by Gasteiger charge is 2.21. The van der Waals surface area contributed by atoms with Crippen LogP contribution in [0, 0.1) is 12.7 Å². The minimum atomic E-state index is -0.316. The quantitative estimate of drug-likeness (QED) is 0.909. The van der Waals surface area contributed by atoms with E-state index in [0.717, 1.165) is 17.5 Å². The van der Waals surface area contributed by atoms with Gasteiger partial charge in [-0.15, -0.1) is 0 Å². The van der Waals surface area contributed by atoms with Crippen molar-refractivity contribution in [1.82, 2.24) is 4.98 Å². The number of halogens is 1. The third kappa shape index (κ3) is 3.33. The molecule has 2 atom stereocenters. The van der Waals surface area contributed by atoms with Gasteiger partial charge in [-0.3, -0.25) is 4.98 Å². The Kier molecular flexibility index (Phi) is 4.69. The molecule has 2 aromatic rings. The molecule has 1 heterocycles. The highest BCUT2D eigenvalue weighted by Crippen LogP contribution is 2.28. The number of aromatic nitrogens is 1. The van der Waals surface area contributed by atoms with Gasteiger partial charge in [0.2, 0.25) is 0 Å². The molecule has 0 aliphatic heterocycles. The van der Waals surface area contributed by atoms with Crippen LogP contribution in [0.5, 0.6) is 5.75 Å². The number of benzene rings is 1. The van der Waals surface area contributed by atoms with E-state index < -0.39 is 0 Å². The van der Waals surface area contributed by atoms with Crippen molar-refractivity contribution < 1.29 is 9.13 Å². The van der Waals surface area contributed by atoms with Crippen molar-refractivity contribution in [3.63, 3.8) is 0 Å². The molecule has 0 fully saturated rings. The van der Waals surface area contributed by atoms with Crippen LogP contribution in [0.4, 0.5) is 4.39 Å². The summed E-state index contributed by atoms with van der Waals surface area (Å²) in [5.41, 5.74) is 7.97. The zero-order valence-electron chi connectivity index (χ0n) is 11.7. The van der Waals surface area contributed by atoms with Gasteiger partial charge in [0.1, 0.15) is 17.7 Å². The average Bonchev–Trinajstić information content (AvgIpc) is 2.48. The fourth-order valence-electron chi connectivity index (χ4n) is 2.01. The molecule has 2 rings (SSSR count). The van der Waals surface area contributed by atoms with Crippen LogP contribution in [-0.2, 0) is 0 Å². The van der Waals surface area contributed by atoms with E-state index in [0.29, 0.717) is 5.75 Å². The van der Waals surface area contributed by atoms with Crippen molar-refractivity contribution >= 4 is 0 Å². The fourth-order valence-corrected chi connectivity index (χ4v) is 2.01. The number of ether oxygens (including phenoxy) is 1. The van der Waals surface area contributed by atoms with E-state index in [2.05, 4.69) is 4.98 Å². The molecule has 4 heteroatoms. The van der Waals surface area contributed by atoms with Crippen molar-refractivity contribution in [1.29, 1.82) is 0 Å². The summed E-state index contributed by atoms with van der Waals surface area (Å²) in [7, 11) is 0. The maximum atomic E-state index is 13.4. The first-order valence-electron chi connectivity index (χ1n) is 6.70. The van der Waals surface area contributed by atoms with Crippen LogP contribution < -0.4 is 10.5 Å². The number of nitrogens with zero attached hydrogens (tertiary/aromatic N) is 1. The Morgan fingerprint density at radius 2 is 1.95 bits per heavy atom. The van der Waals surface area contributed by atoms with Crippen molar-refractivity contribution in [2.45, 2.75) is 32.4 Å². The average molecular weight is 274 g/mol. The first-order chi connectivity index (χ1) is 9.61. The van der Waals surface area contributed by atoms with Gasteiger partial charge in [0.25, 0.3) is 0 Å². The molecule has 1 aromatic heterocycles. The van der Waals surface area contributed by atoms with Crippen LogP contribution in [0.1, 0.15) is 30.6 Å². The van der Waals surface area contributed by atoms with E-state index >= 15 is 0 Å². The topological polar surface area (TPSA) is 48.1 Å². The summed E-state index contributed by atoms with van der Waals surface area (Å²) in [4.78, 5) is 4.00. The second-order valence-corrected chi connectivity index (χ2v) is 4.80. The van der Waals surface area contributed by atoms with E-state index in [1.54, 1.807) is 18.5 Å². The standard InChI is InChI=1S/C16H19FN2O/c1-3-14(18)16(12-6-8-19-9-7-12)20-15-10-13(17)5-4-11(15)2/h4-10,14,16H,3,18H2,1-2H3. The monoisotopic (exact) mass is 274 g/mol. The molecule has 0 spiro atoms. The number of hydrogen-bond acceptors (Lipinski definition) is 3. The maximum Gasteiger partial charge on any atom is 0.139 e. The van der Waals surface area contributed by atoms with Gasteiger partial charge < -0.3 is 10.5 Å². The van der Waals surface area contributed by atoms with Crippen LogP contribution in [0.25, 0.3) is 0 Å². The zero-order valence-corrected chi connectivity index (χ0v) is 11.7. The van der Waals surface area contributed by atoms with Gasteiger partial charge in [-0.2, -0.15) is 0 Å². The predicted octanol–water partition coefficient (Wildman–Crippen LogP) is 3.39. The Morgan fingerprint density at radius 3 is 2.60 bits per heavy atom. The van der Waals surface area contributed by atoms with Gasteiger partial charge in [0, 0.05) is 24.5 Å². The molecule has 0 aliphatic carbocycles. The number of hydrogen-bond donors (Lipinski definition) is 1. The highest BCUT2D eigenvalue weighted by molar-refractivity contribution is 5.33. The summed E-state index contributed by atoms with van der Waals surface area (Å²) < 4.78 is 19.3. The van der Waals surface area contributed by atoms with Gasteiger partial charge in [-0.05, 0) is 42.7 Å². The van der Waals surface area contributed by atoms with Crippen molar-refractivity contribution in [2.75, 3.05) is 0 Å². The van der Waals surface area contributed by atoms with E-state index in [-0.39, 0.29) is 18.0 Å². The SMILES string of the molecule is CCC(N)C(Oc1cc(F)ccc1C)c1ccncc1. The molecule has 1 aromatic carbocycles. The molecule has 0 radical (unpaired) electrons. The first kappa shape index (κ1) is 14.5. The molecule has 2 unspecified atom stereocenters. The van der Waals surface area contributed by atoms with Crippen LogP contribution in [0.15, 0.2) is 42.7 Å². The fraction of sp³-hybridized carbons (Fsp3) is 0.312. The van der Waals surface area contributed by atoms with E-state index in [1.807, 2.05) is 26.0 Å². The Hall–Kier alpha value is -1.94. The first-order valence-corrected chi connectivity index (χ1v) is 6.70. The lowest BCUT2D eigenvalue weighted by molar-refractivity contribution is 0.169. The summed E-state index contributed by atoms with van der Waals surface area (Å²) >= 11 is 0. The lowest BCUT2D eigenvalue weighted by Gasteiger charge is -2.25. The third-order valence-corrected chi connectivity index (χ3v) is 3.30. The Labute approximate surface area is 118 Å². The van der Waals surface area contributed by atoms with Crippen molar-refractivity contribution in [2.24, 2.45) is 5.73 Å². The highest BCUT2D eigenvalue weighted by atomic mass is 19.1. The maximum absolute atomic E-state index is 13.4. The molecule has 0 saturated heterocycles. The van der Waals surface area contributed by atoms with E-state index in [1.165, 1.54) is 12.1 Å². The molecule has 106 valence electrons. The second kappa shape index (κ2) is 6.48. The predicted molar refractivity (Wildman–Crippen MR) is 77.0 cm³/mol. The Morgan fingerprint density at radius 1 is 1.25 bits per heavy atom. The minimum Gasteiger partial charge on any atom is -0.484 e. The lowest BCUT2D eigenvalue weighted by atomic mass is 10.0. The molecule has 20 heavy (non-hydrogen) atoms. The number of aryl methyl sites for hydroxylation is 1. The van der Waals surface area contributed by atoms with Crippen LogP contribution in [-0.4, -0.2) is 11.0 Å². The van der Waals surface area contributed by atoms with E-state index in [4.69, 9.17) is 10.5 Å². The van der Waals surface area contributed by atoms with Gasteiger partial charge >= 0.3 is 0 Å². The Balaban J connectivity index is 2.31. The third-order valence-electron chi connectivity index (χ3n) is 3.30. The molecule has 0 aliphatic rings. The van der Waals surface area contributed by atoms with Gasteiger partial charge in [0.05, 0.1) is 0 Å². The van der Waals surface area contributed by atoms with Crippen LogP contribution in [0.3, 0.4) is 0 Å². The second-order valence-electron chi connectivity index (χ2n) is 4.80. The van der Waals surface area contributed by atoms with E-state index in [9.17, 15) is 4.39 Å². The molecule has 0 amide bonds. The van der Waals surface area contributed by atoms with Crippen molar-refractivity contribution in [3.8, 4) is 5.75 Å². The molecule has 0 saturated carbocycles. The minimum absolute atomic E-state index is 0.167. The smallest absolute Gasteiger partial charge is 0.139 e. The summed E-state index contributed by atoms with van der Waals surface area (Å²) in [6, 6.07) is 8.09. The number of nitrogens with two attached hydrogens (primary N) is 1. The van der Waals surface area contributed by atoms with Crippen LogP contribution in [0.2, 0.25) is 0 Å². The number of pyridine rings is 1. The largest absolute Gasteiger partial charge is 0.484 e. The van der Waals surface area contributed by atoms with Crippen molar-refractivity contribution in [3.05, 3.63) is 59.7 Å². The summed E-state index contributed by atoms with van der Waals surface area (Å²) in [6.45, 7) is 3.89. The summed E-state index contributed by atoms with van der Waals surface area (Å²) in [5, 5.41) is 0. The lowest BCUT2D eigenvalue weighted by Crippen LogP contribution is -2.31.